The zero-order valence-electron chi connectivity index (χ0n) is 13.8. The lowest BCUT2D eigenvalue weighted by molar-refractivity contribution is -0.132. The van der Waals surface area contributed by atoms with Gasteiger partial charge in [0, 0.05) is 18.0 Å². The Morgan fingerprint density at radius 1 is 1.30 bits per heavy atom. The van der Waals surface area contributed by atoms with Crippen LogP contribution in [0.1, 0.15) is 38.5 Å². The topological polar surface area (TPSA) is 58.1 Å². The number of aromatic nitrogens is 2. The second-order valence-corrected chi connectivity index (χ2v) is 7.03. The Kier molecular flexibility index (Phi) is 6.12. The highest BCUT2D eigenvalue weighted by molar-refractivity contribution is 7.71. The molecular weight excluding hydrogens is 330 g/mol. The number of nitrogens with zero attached hydrogens (tertiary/aromatic N) is 2. The number of H-pyrrole nitrogens is 1. The number of hydrogen-bond acceptors (Lipinski definition) is 4. The van der Waals surface area contributed by atoms with Gasteiger partial charge in [-0.2, -0.15) is 0 Å². The predicted octanol–water partition coefficient (Wildman–Crippen LogP) is 3.33. The molecule has 0 aromatic carbocycles. The first-order chi connectivity index (χ1) is 11.0. The van der Waals surface area contributed by atoms with Crippen molar-refractivity contribution in [3.63, 3.8) is 0 Å². The minimum Gasteiger partial charge on any atom is -0.341 e. The molecule has 0 unspecified atom stereocenters. The molecule has 5 nitrogen and oxygen atoms in total. The summed E-state index contributed by atoms with van der Waals surface area (Å²) in [5.74, 6) is -0.0550. The van der Waals surface area contributed by atoms with E-state index in [1.54, 1.807) is 16.2 Å². The largest absolute Gasteiger partial charge is 0.341 e. The molecule has 0 saturated carbocycles. The number of aryl methyl sites for hydroxylation is 1. The Hall–Kier alpha value is -1.47. The van der Waals surface area contributed by atoms with E-state index in [0.29, 0.717) is 23.2 Å². The number of carbonyl (C=O) groups excluding carboxylic acids is 1. The molecule has 126 valence electrons. The summed E-state index contributed by atoms with van der Waals surface area (Å²) < 4.78 is 1.69. The highest BCUT2D eigenvalue weighted by Crippen LogP contribution is 2.21. The van der Waals surface area contributed by atoms with Crippen LogP contribution in [0.2, 0.25) is 0 Å². The fourth-order valence-corrected chi connectivity index (χ4v) is 3.85. The SMILES string of the molecule is CCCN(CCC)C(=O)Cn1c(=S)[nH]c2sc(CC)cc2c1=O. The standard InChI is InChI=1S/C16H23N3O2S2/c1-4-7-18(8-5-2)13(20)10-19-15(21)12-9-11(6-3)23-14(12)17-16(19)22/h9H,4-8,10H2,1-3H3,(H,17,22). The first-order valence-corrected chi connectivity index (χ1v) is 9.27. The van der Waals surface area contributed by atoms with Crippen molar-refractivity contribution in [2.24, 2.45) is 0 Å². The van der Waals surface area contributed by atoms with Gasteiger partial charge in [0.05, 0.1) is 5.39 Å². The Balaban J connectivity index is 2.37. The molecule has 0 atom stereocenters. The summed E-state index contributed by atoms with van der Waals surface area (Å²) in [6.45, 7) is 7.55. The lowest BCUT2D eigenvalue weighted by Gasteiger charge is -2.21. The van der Waals surface area contributed by atoms with Crippen LogP contribution in [-0.2, 0) is 17.8 Å². The summed E-state index contributed by atoms with van der Waals surface area (Å²) >= 11 is 6.83. The third kappa shape index (κ3) is 3.90. The highest BCUT2D eigenvalue weighted by atomic mass is 32.1. The van der Waals surface area contributed by atoms with Crippen molar-refractivity contribution in [1.82, 2.24) is 14.5 Å². The number of hydrogen-bond donors (Lipinski definition) is 1. The smallest absolute Gasteiger partial charge is 0.263 e. The number of nitrogens with one attached hydrogen (secondary N) is 1. The van der Waals surface area contributed by atoms with E-state index in [2.05, 4.69) is 11.9 Å². The van der Waals surface area contributed by atoms with Gasteiger partial charge < -0.3 is 9.88 Å². The summed E-state index contributed by atoms with van der Waals surface area (Å²) in [4.78, 5) is 32.0. The quantitative estimate of drug-likeness (QED) is 0.777. The highest BCUT2D eigenvalue weighted by Gasteiger charge is 2.16. The number of aromatic amines is 1. The lowest BCUT2D eigenvalue weighted by atomic mass is 10.3. The van der Waals surface area contributed by atoms with Crippen LogP contribution >= 0.6 is 23.6 Å². The van der Waals surface area contributed by atoms with Gasteiger partial charge in [0.25, 0.3) is 5.56 Å². The maximum atomic E-state index is 12.7. The fourth-order valence-electron chi connectivity index (χ4n) is 2.55. The molecule has 1 N–H and O–H groups in total. The maximum Gasteiger partial charge on any atom is 0.263 e. The first-order valence-electron chi connectivity index (χ1n) is 8.05. The molecule has 2 rings (SSSR count). The second-order valence-electron chi connectivity index (χ2n) is 5.51. The van der Waals surface area contributed by atoms with Crippen molar-refractivity contribution in [3.05, 3.63) is 26.1 Å². The van der Waals surface area contributed by atoms with Crippen LogP contribution in [0.4, 0.5) is 0 Å². The molecule has 0 spiro atoms. The molecule has 23 heavy (non-hydrogen) atoms. The summed E-state index contributed by atoms with van der Waals surface area (Å²) in [5, 5.41) is 0.616. The lowest BCUT2D eigenvalue weighted by Crippen LogP contribution is -2.37. The Morgan fingerprint density at radius 3 is 2.52 bits per heavy atom. The van der Waals surface area contributed by atoms with E-state index < -0.39 is 0 Å². The molecule has 1 amide bonds. The van der Waals surface area contributed by atoms with Crippen molar-refractivity contribution >= 4 is 39.7 Å². The maximum absolute atomic E-state index is 12.7. The number of fused-ring (bicyclic) bond motifs is 1. The van der Waals surface area contributed by atoms with Crippen molar-refractivity contribution in [2.45, 2.75) is 46.6 Å². The van der Waals surface area contributed by atoms with E-state index in [0.717, 1.165) is 29.0 Å². The molecule has 2 aromatic rings. The average molecular weight is 354 g/mol. The number of thiophene rings is 1. The van der Waals surface area contributed by atoms with E-state index in [1.165, 1.54) is 4.57 Å². The van der Waals surface area contributed by atoms with Gasteiger partial charge in [-0.3, -0.25) is 14.2 Å². The first kappa shape index (κ1) is 17.9. The Bertz CT molecular complexity index is 798. The molecule has 7 heteroatoms. The van der Waals surface area contributed by atoms with E-state index in [9.17, 15) is 9.59 Å². The van der Waals surface area contributed by atoms with Gasteiger partial charge in [-0.05, 0) is 37.5 Å². The van der Waals surface area contributed by atoms with Crippen LogP contribution < -0.4 is 5.56 Å². The van der Waals surface area contributed by atoms with Crippen molar-refractivity contribution in [2.75, 3.05) is 13.1 Å². The van der Waals surface area contributed by atoms with Crippen LogP contribution in [-0.4, -0.2) is 33.4 Å². The summed E-state index contributed by atoms with van der Waals surface area (Å²) in [6, 6.07) is 1.89. The van der Waals surface area contributed by atoms with Gasteiger partial charge >= 0.3 is 0 Å². The van der Waals surface area contributed by atoms with Crippen molar-refractivity contribution in [3.8, 4) is 0 Å². The van der Waals surface area contributed by atoms with Crippen molar-refractivity contribution < 1.29 is 4.79 Å². The van der Waals surface area contributed by atoms with Crippen molar-refractivity contribution in [1.29, 1.82) is 0 Å². The minimum atomic E-state index is -0.180. The molecule has 0 aliphatic carbocycles. The Morgan fingerprint density at radius 2 is 1.96 bits per heavy atom. The monoisotopic (exact) mass is 353 g/mol. The molecule has 0 radical (unpaired) electrons. The van der Waals surface area contributed by atoms with Gasteiger partial charge in [-0.25, -0.2) is 0 Å². The van der Waals surface area contributed by atoms with E-state index >= 15 is 0 Å². The molecule has 0 aliphatic rings. The van der Waals surface area contributed by atoms with E-state index in [1.807, 2.05) is 19.9 Å². The van der Waals surface area contributed by atoms with Gasteiger partial charge in [-0.15, -0.1) is 11.3 Å². The fraction of sp³-hybridized carbons (Fsp3) is 0.562. The Labute approximate surface area is 144 Å². The molecule has 2 heterocycles. The molecule has 0 fully saturated rings. The van der Waals surface area contributed by atoms with Crippen LogP contribution in [0.25, 0.3) is 10.2 Å². The third-order valence-electron chi connectivity index (χ3n) is 3.71. The second kappa shape index (κ2) is 7.88. The van der Waals surface area contributed by atoms with Crippen LogP contribution in [0, 0.1) is 4.77 Å². The molecule has 2 aromatic heterocycles. The summed E-state index contributed by atoms with van der Waals surface area (Å²) in [6.07, 6.45) is 2.67. The normalized spacial score (nSPS) is 11.1. The summed E-state index contributed by atoms with van der Waals surface area (Å²) in [5.41, 5.74) is -0.180. The minimum absolute atomic E-state index is 0.00140. The molecular formula is C16H23N3O2S2. The molecule has 0 saturated heterocycles. The predicted molar refractivity (Wildman–Crippen MR) is 97.8 cm³/mol. The van der Waals surface area contributed by atoms with E-state index in [4.69, 9.17) is 12.2 Å². The number of carbonyl (C=O) groups is 1. The van der Waals surface area contributed by atoms with Crippen LogP contribution in [0.15, 0.2) is 10.9 Å². The van der Waals surface area contributed by atoms with Gasteiger partial charge in [0.2, 0.25) is 5.91 Å². The number of rotatable bonds is 7. The summed E-state index contributed by atoms with van der Waals surface area (Å²) in [7, 11) is 0. The van der Waals surface area contributed by atoms with E-state index in [-0.39, 0.29) is 18.0 Å². The molecule has 0 bridgehead atoms. The van der Waals surface area contributed by atoms with Gasteiger partial charge in [0.1, 0.15) is 11.4 Å². The van der Waals surface area contributed by atoms with Gasteiger partial charge in [0.15, 0.2) is 4.77 Å². The zero-order chi connectivity index (χ0) is 17.0. The van der Waals surface area contributed by atoms with Crippen LogP contribution in [0.3, 0.4) is 0 Å². The molecule has 0 aliphatic heterocycles. The van der Waals surface area contributed by atoms with Crippen LogP contribution in [0.5, 0.6) is 0 Å². The number of amides is 1. The zero-order valence-corrected chi connectivity index (χ0v) is 15.5. The average Bonchev–Trinajstić information content (AvgIpc) is 2.94. The third-order valence-corrected chi connectivity index (χ3v) is 5.22. The van der Waals surface area contributed by atoms with Gasteiger partial charge in [-0.1, -0.05) is 20.8 Å².